The van der Waals surface area contributed by atoms with Crippen LogP contribution in [0, 0.1) is 0 Å². The number of benzene rings is 3. The van der Waals surface area contributed by atoms with Gasteiger partial charge in [-0.05, 0) is 16.7 Å². The van der Waals surface area contributed by atoms with Crippen molar-refractivity contribution in [3.63, 3.8) is 0 Å². The first-order valence-electron chi connectivity index (χ1n) is 10.3. The van der Waals surface area contributed by atoms with E-state index in [0.717, 1.165) is 5.75 Å². The number of carboxylic acids is 1. The number of rotatable bonds is 9. The summed E-state index contributed by atoms with van der Waals surface area (Å²) in [5.41, 5.74) is 3.64. The van der Waals surface area contributed by atoms with Crippen molar-refractivity contribution in [1.82, 2.24) is 9.97 Å². The van der Waals surface area contributed by atoms with E-state index in [1.165, 1.54) is 29.2 Å². The van der Waals surface area contributed by atoms with Gasteiger partial charge in [-0.25, -0.2) is 14.8 Å². The molecule has 0 aliphatic rings. The van der Waals surface area contributed by atoms with Gasteiger partial charge >= 0.3 is 24.8 Å². The summed E-state index contributed by atoms with van der Waals surface area (Å²) < 4.78 is -0.410. The van der Waals surface area contributed by atoms with Crippen molar-refractivity contribution in [2.24, 2.45) is 0 Å². The van der Waals surface area contributed by atoms with Gasteiger partial charge in [-0.2, -0.15) is 0 Å². The number of anilines is 1. The Labute approximate surface area is 209 Å². The molecule has 0 spiro atoms. The minimum absolute atomic E-state index is 0. The van der Waals surface area contributed by atoms with Crippen molar-refractivity contribution in [1.29, 1.82) is 0 Å². The van der Waals surface area contributed by atoms with Crippen molar-refractivity contribution in [2.45, 2.75) is 4.75 Å². The van der Waals surface area contributed by atoms with E-state index >= 15 is 0 Å². The SMILES string of the molecule is O=C(O)c1cncnc1NCCSC(c1ccccc1)(c1ccccc1)c1ccccc1.[LiH]. The standard InChI is InChI=1S/C26H23N3O2S.Li.H/c30-25(31)23-18-27-19-29-24(23)28-16-17-32-26(20-10-4-1-5-11-20,21-12-6-2-7-13-21)22-14-8-3-9-15-22;;/h1-15,18-19H,16-17H2,(H,30,31)(H,27,28,29);;. The van der Waals surface area contributed by atoms with Crippen LogP contribution in [0.1, 0.15) is 27.0 Å². The van der Waals surface area contributed by atoms with Crippen LogP contribution in [0.2, 0.25) is 0 Å². The molecule has 5 nitrogen and oxygen atoms in total. The number of nitrogens with one attached hydrogen (secondary N) is 1. The van der Waals surface area contributed by atoms with Crippen LogP contribution in [0.4, 0.5) is 5.82 Å². The molecule has 1 heterocycles. The number of aromatic nitrogens is 2. The minimum atomic E-state index is -1.05. The first-order chi connectivity index (χ1) is 15.7. The molecule has 0 aliphatic heterocycles. The zero-order chi connectivity index (χ0) is 22.2. The number of hydrogen-bond donors (Lipinski definition) is 2. The second kappa shape index (κ2) is 11.7. The molecule has 0 atom stereocenters. The molecule has 4 rings (SSSR count). The molecule has 1 aromatic heterocycles. The van der Waals surface area contributed by atoms with E-state index < -0.39 is 10.7 Å². The Balaban J connectivity index is 0.00000306. The summed E-state index contributed by atoms with van der Waals surface area (Å²) >= 11 is 1.81. The molecule has 0 aliphatic carbocycles. The van der Waals surface area contributed by atoms with Gasteiger partial charge in [0.25, 0.3) is 0 Å². The predicted molar refractivity (Wildman–Crippen MR) is 136 cm³/mol. The molecule has 0 saturated carbocycles. The molecule has 4 aromatic rings. The van der Waals surface area contributed by atoms with Crippen molar-refractivity contribution >= 4 is 42.4 Å². The van der Waals surface area contributed by atoms with Crippen LogP contribution in [-0.2, 0) is 4.75 Å². The van der Waals surface area contributed by atoms with E-state index in [2.05, 4.69) is 88.1 Å². The van der Waals surface area contributed by atoms with Gasteiger partial charge in [-0.1, -0.05) is 91.0 Å². The molecule has 162 valence electrons. The van der Waals surface area contributed by atoms with Crippen LogP contribution in [0.5, 0.6) is 0 Å². The maximum atomic E-state index is 11.4. The van der Waals surface area contributed by atoms with E-state index in [1.807, 2.05) is 30.0 Å². The number of hydrogen-bond acceptors (Lipinski definition) is 5. The number of carbonyl (C=O) groups is 1. The summed E-state index contributed by atoms with van der Waals surface area (Å²) in [4.78, 5) is 19.4. The topological polar surface area (TPSA) is 75.1 Å². The molecule has 0 amide bonds. The molecule has 0 radical (unpaired) electrons. The second-order valence-electron chi connectivity index (χ2n) is 7.14. The Morgan fingerprint density at radius 3 is 1.79 bits per heavy atom. The van der Waals surface area contributed by atoms with Crippen LogP contribution in [0.3, 0.4) is 0 Å². The molecule has 0 unspecified atom stereocenters. The first kappa shape index (κ1) is 24.6. The van der Waals surface area contributed by atoms with Gasteiger partial charge in [-0.3, -0.25) is 0 Å². The van der Waals surface area contributed by atoms with Crippen LogP contribution < -0.4 is 5.32 Å². The summed E-state index contributed by atoms with van der Waals surface area (Å²) in [6.07, 6.45) is 2.66. The fraction of sp³-hybridized carbons (Fsp3) is 0.115. The molecule has 7 heteroatoms. The molecule has 0 fully saturated rings. The van der Waals surface area contributed by atoms with Gasteiger partial charge in [0.1, 0.15) is 17.7 Å². The van der Waals surface area contributed by atoms with Crippen LogP contribution >= 0.6 is 11.8 Å². The average Bonchev–Trinajstić information content (AvgIpc) is 2.86. The third kappa shape index (κ3) is 5.48. The summed E-state index contributed by atoms with van der Waals surface area (Å²) in [5.74, 6) is 0.00709. The molecule has 3 aromatic carbocycles. The summed E-state index contributed by atoms with van der Waals surface area (Å²) in [6.45, 7) is 0.552. The van der Waals surface area contributed by atoms with E-state index in [0.29, 0.717) is 12.4 Å². The first-order valence-corrected chi connectivity index (χ1v) is 11.3. The van der Waals surface area contributed by atoms with Gasteiger partial charge in [0.05, 0.1) is 4.75 Å². The van der Waals surface area contributed by atoms with E-state index in [9.17, 15) is 9.90 Å². The molecule has 2 N–H and O–H groups in total. The Bertz CT molecular complexity index is 1070. The molecular weight excluding hydrogens is 425 g/mol. The predicted octanol–water partition coefficient (Wildman–Crippen LogP) is 4.66. The number of nitrogens with zero attached hydrogens (tertiary/aromatic N) is 2. The third-order valence-electron chi connectivity index (χ3n) is 5.20. The van der Waals surface area contributed by atoms with Crippen molar-refractivity contribution < 1.29 is 9.90 Å². The van der Waals surface area contributed by atoms with E-state index in [-0.39, 0.29) is 24.4 Å². The summed E-state index contributed by atoms with van der Waals surface area (Å²) in [5, 5.41) is 12.5. The van der Waals surface area contributed by atoms with Crippen LogP contribution in [-0.4, -0.2) is 52.2 Å². The van der Waals surface area contributed by atoms with Gasteiger partial charge in [0, 0.05) is 18.5 Å². The van der Waals surface area contributed by atoms with Gasteiger partial charge < -0.3 is 10.4 Å². The van der Waals surface area contributed by atoms with Crippen molar-refractivity contribution in [2.75, 3.05) is 17.6 Å². The van der Waals surface area contributed by atoms with Gasteiger partial charge in [0.2, 0.25) is 0 Å². The molecule has 0 saturated heterocycles. The maximum absolute atomic E-state index is 11.4. The average molecular weight is 450 g/mol. The zero-order valence-electron chi connectivity index (χ0n) is 17.4. The van der Waals surface area contributed by atoms with Gasteiger partial charge in [-0.15, -0.1) is 11.8 Å². The Morgan fingerprint density at radius 1 is 0.848 bits per heavy atom. The Hall–Kier alpha value is -3.04. The normalized spacial score (nSPS) is 10.8. The Kier molecular flexibility index (Phi) is 8.73. The van der Waals surface area contributed by atoms with E-state index in [1.54, 1.807) is 0 Å². The number of thioether (sulfide) groups is 1. The quantitative estimate of drug-likeness (QED) is 0.220. The van der Waals surface area contributed by atoms with Gasteiger partial charge in [0.15, 0.2) is 0 Å². The fourth-order valence-electron chi connectivity index (χ4n) is 3.77. The fourth-order valence-corrected chi connectivity index (χ4v) is 5.19. The monoisotopic (exact) mass is 449 g/mol. The zero-order valence-corrected chi connectivity index (χ0v) is 18.2. The summed E-state index contributed by atoms with van der Waals surface area (Å²) in [7, 11) is 0. The van der Waals surface area contributed by atoms with Crippen molar-refractivity contribution in [3.8, 4) is 0 Å². The Morgan fingerprint density at radius 2 is 1.33 bits per heavy atom. The second-order valence-corrected chi connectivity index (χ2v) is 8.45. The van der Waals surface area contributed by atoms with Crippen LogP contribution in [0.15, 0.2) is 104 Å². The van der Waals surface area contributed by atoms with E-state index in [4.69, 9.17) is 0 Å². The third-order valence-corrected chi connectivity index (χ3v) is 6.75. The molecule has 0 bridgehead atoms. The molecule has 33 heavy (non-hydrogen) atoms. The van der Waals surface area contributed by atoms with Crippen LogP contribution in [0.25, 0.3) is 0 Å². The molecular formula is C26H24LiN3O2S. The van der Waals surface area contributed by atoms with Crippen molar-refractivity contribution in [3.05, 3.63) is 126 Å². The number of carboxylic acid groups (broad SMARTS) is 1. The number of aromatic carboxylic acids is 1. The summed E-state index contributed by atoms with van der Waals surface area (Å²) in [6, 6.07) is 31.4.